The lowest BCUT2D eigenvalue weighted by atomic mass is 10.0. The van der Waals surface area contributed by atoms with Crippen molar-refractivity contribution in [3.8, 4) is 0 Å². The highest BCUT2D eigenvalue weighted by molar-refractivity contribution is 7.09. The summed E-state index contributed by atoms with van der Waals surface area (Å²) in [5.41, 5.74) is 4.27. The van der Waals surface area contributed by atoms with Crippen LogP contribution in [0.25, 0.3) is 0 Å². The second kappa shape index (κ2) is 9.56. The van der Waals surface area contributed by atoms with Crippen LogP contribution < -0.4 is 15.1 Å². The number of aryl methyl sites for hydroxylation is 2. The van der Waals surface area contributed by atoms with Crippen molar-refractivity contribution in [3.05, 3.63) is 87.6 Å². The number of anilines is 1. The minimum Gasteiger partial charge on any atom is -0.321 e. The van der Waals surface area contributed by atoms with Gasteiger partial charge in [-0.2, -0.15) is 0 Å². The predicted molar refractivity (Wildman–Crippen MR) is 123 cm³/mol. The zero-order valence-electron chi connectivity index (χ0n) is 17.8. The number of nitrogens with one attached hydrogen (secondary N) is 3. The number of quaternary nitrogens is 2. The number of thiophene rings is 1. The van der Waals surface area contributed by atoms with Crippen molar-refractivity contribution in [3.63, 3.8) is 0 Å². The fourth-order valence-electron chi connectivity index (χ4n) is 4.34. The quantitative estimate of drug-likeness (QED) is 0.560. The van der Waals surface area contributed by atoms with Gasteiger partial charge in [-0.15, -0.1) is 11.3 Å². The standard InChI is InChI=1S/C25H29N3OS/c1-19-10-11-20(2)23(17-19)26-25(29)24(21-7-4-3-5-8-21)28-14-12-27(13-15-28)18-22-9-6-16-30-22/h3-11,16-17,24H,12-15,18H2,1-2H3,(H,26,29)/p+2/t24-/m0/s1. The molecule has 3 aromatic rings. The van der Waals surface area contributed by atoms with Gasteiger partial charge in [0.05, 0.1) is 4.88 Å². The molecule has 3 N–H and O–H groups in total. The van der Waals surface area contributed by atoms with Crippen LogP contribution in [0.4, 0.5) is 5.69 Å². The summed E-state index contributed by atoms with van der Waals surface area (Å²) in [5, 5.41) is 5.38. The first-order valence-corrected chi connectivity index (χ1v) is 11.6. The molecule has 1 fully saturated rings. The highest BCUT2D eigenvalue weighted by Gasteiger charge is 2.35. The Kier molecular flexibility index (Phi) is 6.62. The summed E-state index contributed by atoms with van der Waals surface area (Å²) in [4.78, 5) is 17.9. The van der Waals surface area contributed by atoms with E-state index in [1.165, 1.54) is 9.78 Å². The molecule has 30 heavy (non-hydrogen) atoms. The van der Waals surface area contributed by atoms with Gasteiger partial charge in [-0.1, -0.05) is 48.5 Å². The molecular weight excluding hydrogens is 390 g/mol. The van der Waals surface area contributed by atoms with Crippen LogP contribution in [0.1, 0.15) is 27.6 Å². The summed E-state index contributed by atoms with van der Waals surface area (Å²) in [6.07, 6.45) is 0. The van der Waals surface area contributed by atoms with Gasteiger partial charge < -0.3 is 15.1 Å². The normalized spacial score (nSPS) is 19.9. The predicted octanol–water partition coefficient (Wildman–Crippen LogP) is 2.03. The molecule has 1 aliphatic heterocycles. The average molecular weight is 422 g/mol. The molecule has 156 valence electrons. The van der Waals surface area contributed by atoms with E-state index < -0.39 is 0 Å². The van der Waals surface area contributed by atoms with Crippen LogP contribution in [-0.4, -0.2) is 32.1 Å². The molecule has 1 atom stereocenters. The molecule has 0 aliphatic carbocycles. The van der Waals surface area contributed by atoms with Crippen LogP contribution in [0, 0.1) is 13.8 Å². The van der Waals surface area contributed by atoms with Crippen LogP contribution in [0.2, 0.25) is 0 Å². The maximum absolute atomic E-state index is 13.5. The minimum absolute atomic E-state index is 0.0895. The molecule has 1 amide bonds. The van der Waals surface area contributed by atoms with Crippen molar-refractivity contribution >= 4 is 22.9 Å². The number of amides is 1. The van der Waals surface area contributed by atoms with Crippen molar-refractivity contribution in [2.45, 2.75) is 26.4 Å². The van der Waals surface area contributed by atoms with E-state index >= 15 is 0 Å². The fraction of sp³-hybridized carbons (Fsp3) is 0.320. The van der Waals surface area contributed by atoms with E-state index in [1.807, 2.05) is 36.5 Å². The van der Waals surface area contributed by atoms with Gasteiger partial charge >= 0.3 is 0 Å². The van der Waals surface area contributed by atoms with Crippen molar-refractivity contribution in [1.82, 2.24) is 0 Å². The van der Waals surface area contributed by atoms with Crippen molar-refractivity contribution in [1.29, 1.82) is 0 Å². The Bertz CT molecular complexity index is 963. The van der Waals surface area contributed by atoms with E-state index in [1.54, 1.807) is 4.90 Å². The van der Waals surface area contributed by atoms with Gasteiger partial charge in [-0.3, -0.25) is 4.79 Å². The zero-order valence-corrected chi connectivity index (χ0v) is 18.6. The second-order valence-corrected chi connectivity index (χ2v) is 9.35. The first kappa shape index (κ1) is 20.8. The molecule has 2 aromatic carbocycles. The lowest BCUT2D eigenvalue weighted by Gasteiger charge is -2.34. The summed E-state index contributed by atoms with van der Waals surface area (Å²) in [6, 6.07) is 20.6. The van der Waals surface area contributed by atoms with Crippen molar-refractivity contribution < 1.29 is 14.6 Å². The summed E-state index contributed by atoms with van der Waals surface area (Å²) in [7, 11) is 0. The average Bonchev–Trinajstić information content (AvgIpc) is 3.26. The first-order valence-electron chi connectivity index (χ1n) is 10.7. The molecule has 1 saturated heterocycles. The number of benzene rings is 2. The van der Waals surface area contributed by atoms with Gasteiger partial charge in [0.25, 0.3) is 5.91 Å². The smallest absolute Gasteiger partial charge is 0.287 e. The number of hydrogen-bond donors (Lipinski definition) is 3. The maximum atomic E-state index is 13.5. The van der Waals surface area contributed by atoms with Gasteiger partial charge in [0, 0.05) is 11.3 Å². The summed E-state index contributed by atoms with van der Waals surface area (Å²) >= 11 is 1.84. The summed E-state index contributed by atoms with van der Waals surface area (Å²) < 4.78 is 0. The number of carbonyl (C=O) groups excluding carboxylic acids is 1. The van der Waals surface area contributed by atoms with E-state index in [-0.39, 0.29) is 11.9 Å². The molecule has 0 unspecified atom stereocenters. The van der Waals surface area contributed by atoms with E-state index in [0.29, 0.717) is 0 Å². The van der Waals surface area contributed by atoms with E-state index in [2.05, 4.69) is 60.1 Å². The molecule has 0 spiro atoms. The number of carbonyl (C=O) groups is 1. The lowest BCUT2D eigenvalue weighted by molar-refractivity contribution is -1.03. The van der Waals surface area contributed by atoms with E-state index in [0.717, 1.165) is 55.1 Å². The Balaban J connectivity index is 1.49. The summed E-state index contributed by atoms with van der Waals surface area (Å²) in [6.45, 7) is 9.38. The topological polar surface area (TPSA) is 38.0 Å². The van der Waals surface area contributed by atoms with Crippen LogP contribution in [0.5, 0.6) is 0 Å². The Morgan fingerprint density at radius 2 is 1.77 bits per heavy atom. The van der Waals surface area contributed by atoms with Crippen molar-refractivity contribution in [2.24, 2.45) is 0 Å². The van der Waals surface area contributed by atoms with Crippen LogP contribution >= 0.6 is 11.3 Å². The molecule has 5 heteroatoms. The molecule has 4 nitrogen and oxygen atoms in total. The molecular formula is C25H31N3OS+2. The third kappa shape index (κ3) is 4.98. The van der Waals surface area contributed by atoms with Gasteiger partial charge in [-0.05, 0) is 42.5 Å². The van der Waals surface area contributed by atoms with E-state index in [4.69, 9.17) is 0 Å². The SMILES string of the molecule is Cc1ccc(C)c(NC(=O)[C@H](c2ccccc2)[NH+]2CC[NH+](Cc3cccs3)CC2)c1. The number of hydrogen-bond acceptors (Lipinski definition) is 2. The maximum Gasteiger partial charge on any atom is 0.287 e. The largest absolute Gasteiger partial charge is 0.321 e. The fourth-order valence-corrected chi connectivity index (χ4v) is 5.12. The second-order valence-electron chi connectivity index (χ2n) is 8.32. The Morgan fingerprint density at radius 3 is 2.47 bits per heavy atom. The Hall–Kier alpha value is -2.47. The lowest BCUT2D eigenvalue weighted by Crippen LogP contribution is -3.28. The molecule has 0 saturated carbocycles. The molecule has 0 radical (unpaired) electrons. The van der Waals surface area contributed by atoms with E-state index in [9.17, 15) is 4.79 Å². The number of piperazine rings is 1. The highest BCUT2D eigenvalue weighted by Crippen LogP contribution is 2.19. The molecule has 0 bridgehead atoms. The molecule has 4 rings (SSSR count). The van der Waals surface area contributed by atoms with Gasteiger partial charge in [0.15, 0.2) is 6.04 Å². The number of rotatable bonds is 6. The monoisotopic (exact) mass is 421 g/mol. The Labute approximate surface area is 183 Å². The van der Waals surface area contributed by atoms with Crippen LogP contribution in [0.3, 0.4) is 0 Å². The third-order valence-electron chi connectivity index (χ3n) is 6.06. The highest BCUT2D eigenvalue weighted by atomic mass is 32.1. The van der Waals surface area contributed by atoms with Crippen LogP contribution in [-0.2, 0) is 11.3 Å². The first-order chi connectivity index (χ1) is 14.6. The van der Waals surface area contributed by atoms with Gasteiger partial charge in [-0.25, -0.2) is 0 Å². The Morgan fingerprint density at radius 1 is 1.00 bits per heavy atom. The molecule has 2 heterocycles. The molecule has 1 aliphatic rings. The van der Waals surface area contributed by atoms with Crippen LogP contribution in [0.15, 0.2) is 66.0 Å². The molecule has 1 aromatic heterocycles. The van der Waals surface area contributed by atoms with Gasteiger partial charge in [0.1, 0.15) is 32.7 Å². The zero-order chi connectivity index (χ0) is 20.9. The third-order valence-corrected chi connectivity index (χ3v) is 6.93. The minimum atomic E-state index is -0.186. The van der Waals surface area contributed by atoms with Crippen molar-refractivity contribution in [2.75, 3.05) is 31.5 Å². The summed E-state index contributed by atoms with van der Waals surface area (Å²) in [5.74, 6) is 0.0895. The van der Waals surface area contributed by atoms with Gasteiger partial charge in [0.2, 0.25) is 0 Å².